The van der Waals surface area contributed by atoms with Crippen LogP contribution in [0.5, 0.6) is 11.5 Å². The van der Waals surface area contributed by atoms with E-state index in [4.69, 9.17) is 15.7 Å². The SMILES string of the molecule is N#Cc1c(F)cccc1Oc1cc(F)c(N)cc1F. The van der Waals surface area contributed by atoms with Gasteiger partial charge >= 0.3 is 0 Å². The number of rotatable bonds is 2. The fourth-order valence-corrected chi connectivity index (χ4v) is 1.44. The van der Waals surface area contributed by atoms with Crippen molar-refractivity contribution in [3.05, 3.63) is 53.3 Å². The second kappa shape index (κ2) is 4.90. The Balaban J connectivity index is 2.45. The van der Waals surface area contributed by atoms with Gasteiger partial charge in [-0.25, -0.2) is 13.2 Å². The zero-order chi connectivity index (χ0) is 14.0. The van der Waals surface area contributed by atoms with Crippen LogP contribution >= 0.6 is 0 Å². The Morgan fingerprint density at radius 3 is 2.42 bits per heavy atom. The molecule has 0 aliphatic carbocycles. The van der Waals surface area contributed by atoms with Gasteiger partial charge < -0.3 is 10.5 Å². The third-order valence-electron chi connectivity index (χ3n) is 2.36. The summed E-state index contributed by atoms with van der Waals surface area (Å²) in [6.07, 6.45) is 0. The molecular weight excluding hydrogens is 257 g/mol. The van der Waals surface area contributed by atoms with Crippen LogP contribution in [0, 0.1) is 28.8 Å². The first kappa shape index (κ1) is 12.8. The standard InChI is InChI=1S/C13H7F3N2O/c14-8-2-1-3-12(7(8)6-17)19-13-5-9(15)11(18)4-10(13)16/h1-5H,18H2. The lowest BCUT2D eigenvalue weighted by Gasteiger charge is -2.09. The number of nitrogen functional groups attached to an aromatic ring is 1. The predicted molar refractivity (Wildman–Crippen MR) is 62.0 cm³/mol. The van der Waals surface area contributed by atoms with Crippen LogP contribution in [0.15, 0.2) is 30.3 Å². The van der Waals surface area contributed by atoms with Crippen molar-refractivity contribution in [2.75, 3.05) is 5.73 Å². The van der Waals surface area contributed by atoms with Crippen molar-refractivity contribution in [1.82, 2.24) is 0 Å². The summed E-state index contributed by atoms with van der Waals surface area (Å²) in [5, 5.41) is 8.79. The molecule has 0 aliphatic heterocycles. The molecule has 0 bridgehead atoms. The predicted octanol–water partition coefficient (Wildman–Crippen LogP) is 3.35. The number of ether oxygens (including phenoxy) is 1. The fraction of sp³-hybridized carbons (Fsp3) is 0. The molecule has 0 saturated heterocycles. The number of anilines is 1. The van der Waals surface area contributed by atoms with E-state index < -0.39 is 23.2 Å². The molecule has 2 rings (SSSR count). The summed E-state index contributed by atoms with van der Waals surface area (Å²) < 4.78 is 45.0. The molecule has 0 saturated carbocycles. The maximum Gasteiger partial charge on any atom is 0.167 e. The van der Waals surface area contributed by atoms with Crippen LogP contribution in [0.1, 0.15) is 5.56 Å². The summed E-state index contributed by atoms with van der Waals surface area (Å²) in [6.45, 7) is 0. The lowest BCUT2D eigenvalue weighted by Crippen LogP contribution is -1.97. The highest BCUT2D eigenvalue weighted by molar-refractivity contribution is 5.49. The molecule has 2 aromatic rings. The molecule has 2 N–H and O–H groups in total. The highest BCUT2D eigenvalue weighted by Crippen LogP contribution is 2.30. The van der Waals surface area contributed by atoms with Crippen molar-refractivity contribution in [3.63, 3.8) is 0 Å². The smallest absolute Gasteiger partial charge is 0.167 e. The van der Waals surface area contributed by atoms with Gasteiger partial charge in [-0.15, -0.1) is 0 Å². The zero-order valence-electron chi connectivity index (χ0n) is 9.45. The van der Waals surface area contributed by atoms with Gasteiger partial charge in [-0.2, -0.15) is 5.26 Å². The number of hydrogen-bond acceptors (Lipinski definition) is 3. The Kier molecular flexibility index (Phi) is 3.29. The molecule has 3 nitrogen and oxygen atoms in total. The molecule has 0 unspecified atom stereocenters. The van der Waals surface area contributed by atoms with Gasteiger partial charge in [0.05, 0.1) is 5.69 Å². The average molecular weight is 264 g/mol. The van der Waals surface area contributed by atoms with Crippen LogP contribution in [0.25, 0.3) is 0 Å². The van der Waals surface area contributed by atoms with Gasteiger partial charge in [0.25, 0.3) is 0 Å². The molecule has 0 heterocycles. The van der Waals surface area contributed by atoms with Crippen molar-refractivity contribution in [2.24, 2.45) is 0 Å². The first-order valence-corrected chi connectivity index (χ1v) is 5.14. The Morgan fingerprint density at radius 1 is 1.00 bits per heavy atom. The second-order valence-corrected chi connectivity index (χ2v) is 3.63. The number of halogens is 3. The van der Waals surface area contributed by atoms with E-state index in [-0.39, 0.29) is 17.0 Å². The summed E-state index contributed by atoms with van der Waals surface area (Å²) in [4.78, 5) is 0. The third kappa shape index (κ3) is 2.45. The monoisotopic (exact) mass is 264 g/mol. The number of benzene rings is 2. The third-order valence-corrected chi connectivity index (χ3v) is 2.36. The molecular formula is C13H7F3N2O. The molecule has 0 fully saturated rings. The van der Waals surface area contributed by atoms with Crippen LogP contribution in [0.2, 0.25) is 0 Å². The molecule has 19 heavy (non-hydrogen) atoms. The molecule has 0 atom stereocenters. The molecule has 96 valence electrons. The molecule has 0 spiro atoms. The lowest BCUT2D eigenvalue weighted by molar-refractivity contribution is 0.432. The van der Waals surface area contributed by atoms with E-state index in [1.807, 2.05) is 0 Å². The van der Waals surface area contributed by atoms with E-state index in [9.17, 15) is 13.2 Å². The van der Waals surface area contributed by atoms with Gasteiger partial charge in [0, 0.05) is 12.1 Å². The molecule has 6 heteroatoms. The highest BCUT2D eigenvalue weighted by atomic mass is 19.1. The lowest BCUT2D eigenvalue weighted by atomic mass is 10.2. The average Bonchev–Trinajstić information content (AvgIpc) is 2.36. The summed E-state index contributed by atoms with van der Waals surface area (Å²) >= 11 is 0. The fourth-order valence-electron chi connectivity index (χ4n) is 1.44. The van der Waals surface area contributed by atoms with Crippen LogP contribution in [-0.2, 0) is 0 Å². The van der Waals surface area contributed by atoms with E-state index in [2.05, 4.69) is 0 Å². The highest BCUT2D eigenvalue weighted by Gasteiger charge is 2.14. The minimum absolute atomic E-state index is 0.203. The van der Waals surface area contributed by atoms with Gasteiger partial charge in [0.2, 0.25) is 0 Å². The zero-order valence-corrected chi connectivity index (χ0v) is 9.45. The van der Waals surface area contributed by atoms with Crippen molar-refractivity contribution >= 4 is 5.69 Å². The van der Waals surface area contributed by atoms with Crippen LogP contribution in [0.3, 0.4) is 0 Å². The van der Waals surface area contributed by atoms with E-state index in [1.165, 1.54) is 12.1 Å². The summed E-state index contributed by atoms with van der Waals surface area (Å²) in [5.41, 5.74) is 4.42. The quantitative estimate of drug-likeness (QED) is 0.846. The van der Waals surface area contributed by atoms with Crippen molar-refractivity contribution in [3.8, 4) is 17.6 Å². The first-order chi connectivity index (χ1) is 9.02. The normalized spacial score (nSPS) is 10.0. The summed E-state index contributed by atoms with van der Waals surface area (Å²) in [5.74, 6) is -3.27. The molecule has 0 amide bonds. The number of nitriles is 1. The topological polar surface area (TPSA) is 59.0 Å². The van der Waals surface area contributed by atoms with Gasteiger partial charge in [-0.05, 0) is 12.1 Å². The van der Waals surface area contributed by atoms with Crippen LogP contribution in [-0.4, -0.2) is 0 Å². The minimum Gasteiger partial charge on any atom is -0.453 e. The van der Waals surface area contributed by atoms with Crippen molar-refractivity contribution in [1.29, 1.82) is 5.26 Å². The Hall–Kier alpha value is -2.68. The summed E-state index contributed by atoms with van der Waals surface area (Å²) in [7, 11) is 0. The van der Waals surface area contributed by atoms with Crippen LogP contribution in [0.4, 0.5) is 18.9 Å². The molecule has 0 radical (unpaired) electrons. The van der Waals surface area contributed by atoms with E-state index >= 15 is 0 Å². The first-order valence-electron chi connectivity index (χ1n) is 5.14. The van der Waals surface area contributed by atoms with Gasteiger partial charge in [-0.1, -0.05) is 6.07 Å². The maximum absolute atomic E-state index is 13.5. The van der Waals surface area contributed by atoms with Gasteiger partial charge in [0.15, 0.2) is 11.6 Å². The van der Waals surface area contributed by atoms with Crippen molar-refractivity contribution in [2.45, 2.75) is 0 Å². The van der Waals surface area contributed by atoms with E-state index in [1.54, 1.807) is 6.07 Å². The van der Waals surface area contributed by atoms with Crippen molar-refractivity contribution < 1.29 is 17.9 Å². The molecule has 0 aliphatic rings. The Labute approximate surface area is 106 Å². The Morgan fingerprint density at radius 2 is 1.74 bits per heavy atom. The Bertz CT molecular complexity index is 680. The minimum atomic E-state index is -0.910. The summed E-state index contributed by atoms with van der Waals surface area (Å²) in [6, 6.07) is 6.69. The van der Waals surface area contributed by atoms with Gasteiger partial charge in [-0.3, -0.25) is 0 Å². The largest absolute Gasteiger partial charge is 0.453 e. The number of nitrogens with two attached hydrogens (primary N) is 1. The maximum atomic E-state index is 13.5. The van der Waals surface area contributed by atoms with E-state index in [0.717, 1.165) is 18.2 Å². The second-order valence-electron chi connectivity index (χ2n) is 3.63. The molecule has 2 aromatic carbocycles. The van der Waals surface area contributed by atoms with E-state index in [0.29, 0.717) is 0 Å². The van der Waals surface area contributed by atoms with Crippen LogP contribution < -0.4 is 10.5 Å². The number of nitrogens with zero attached hydrogens (tertiary/aromatic N) is 1. The molecule has 0 aromatic heterocycles. The van der Waals surface area contributed by atoms with Gasteiger partial charge in [0.1, 0.15) is 29.0 Å². The number of hydrogen-bond donors (Lipinski definition) is 1.